The molecule has 0 fully saturated rings. The molecule has 0 radical (unpaired) electrons. The van der Waals surface area contributed by atoms with E-state index in [-0.39, 0.29) is 14.5 Å². The van der Waals surface area contributed by atoms with Gasteiger partial charge < -0.3 is 15.4 Å². The topological polar surface area (TPSA) is 70.8 Å². The molecule has 0 aliphatic carbocycles. The Bertz CT molecular complexity index is 413. The van der Waals surface area contributed by atoms with E-state index in [0.717, 1.165) is 11.1 Å². The molecule has 18 heavy (non-hydrogen) atoms. The molecule has 1 heterocycles. The number of ether oxygens (including phenoxy) is 1. The lowest BCUT2D eigenvalue weighted by molar-refractivity contribution is -0.248. The third-order valence-corrected chi connectivity index (χ3v) is 2.24. The van der Waals surface area contributed by atoms with Crippen LogP contribution in [0.15, 0.2) is 47.8 Å². The molecule has 100 valence electrons. The first-order valence-corrected chi connectivity index (χ1v) is 5.48. The highest BCUT2D eigenvalue weighted by Gasteiger charge is 2.17. The Morgan fingerprint density at radius 2 is 2.50 bits per heavy atom. The van der Waals surface area contributed by atoms with Crippen LogP contribution in [0.2, 0.25) is 0 Å². The van der Waals surface area contributed by atoms with Gasteiger partial charge in [-0.15, -0.1) is 0 Å². The van der Waals surface area contributed by atoms with E-state index >= 15 is 0 Å². The summed E-state index contributed by atoms with van der Waals surface area (Å²) in [6.45, 7) is 4.26. The van der Waals surface area contributed by atoms with E-state index in [1.807, 2.05) is 0 Å². The molecule has 1 aliphatic rings. The highest BCUT2D eigenvalue weighted by Crippen LogP contribution is 2.26. The number of carbonyl (C=O) groups is 1. The number of rotatable bonds is 5. The molecular formula is C13H19NO4. The van der Waals surface area contributed by atoms with Crippen LogP contribution in [-0.4, -0.2) is 26.2 Å². The van der Waals surface area contributed by atoms with Crippen LogP contribution in [0.1, 0.15) is 7.85 Å². The predicted octanol–water partition coefficient (Wildman–Crippen LogP) is 1.64. The van der Waals surface area contributed by atoms with Crippen molar-refractivity contribution in [3.05, 3.63) is 47.8 Å². The molecule has 0 saturated heterocycles. The summed E-state index contributed by atoms with van der Waals surface area (Å²) in [6.07, 6.45) is 6.95. The van der Waals surface area contributed by atoms with Gasteiger partial charge in [-0.25, -0.2) is 0 Å². The molecule has 0 spiro atoms. The maximum Gasteiger partial charge on any atom is 0.221 e. The summed E-state index contributed by atoms with van der Waals surface area (Å²) in [7, 11) is 1.58. The van der Waals surface area contributed by atoms with E-state index in [9.17, 15) is 4.79 Å². The molecule has 0 aromatic heterocycles. The zero-order valence-corrected chi connectivity index (χ0v) is 10.3. The van der Waals surface area contributed by atoms with Gasteiger partial charge in [0.25, 0.3) is 0 Å². The van der Waals surface area contributed by atoms with Crippen LogP contribution < -0.4 is 5.73 Å². The Morgan fingerprint density at radius 1 is 1.72 bits per heavy atom. The molecule has 0 atom stereocenters. The Morgan fingerprint density at radius 3 is 3.11 bits per heavy atom. The second kappa shape index (κ2) is 7.47. The Kier molecular flexibility index (Phi) is 5.90. The van der Waals surface area contributed by atoms with Crippen LogP contribution in [0.5, 0.6) is 0 Å². The molecule has 0 unspecified atom stereocenters. The number of hydrogen-bond donors (Lipinski definition) is 1. The van der Waals surface area contributed by atoms with Gasteiger partial charge in [-0.1, -0.05) is 24.8 Å². The monoisotopic (exact) mass is 253 g/mol. The lowest BCUT2D eigenvalue weighted by atomic mass is 9.99. The molecular weight excluding hydrogens is 234 g/mol. The summed E-state index contributed by atoms with van der Waals surface area (Å²) in [5.41, 5.74) is 6.69. The number of amides is 1. The number of allylic oxidation sites excluding steroid dienone is 3. The fraction of sp³-hybridized carbons (Fsp3) is 0.308. The standard InChI is InChI=1S/C13H17NO4.H2/c1-3-4-11-10(9-13(14)15)5-8-17-18-12(11)6-7-16-2;/h3-6H,1,7-9H2,2H3,(H2,14,15);1H/b11-4-,12-6+;. The maximum absolute atomic E-state index is 11.1. The lowest BCUT2D eigenvalue weighted by Crippen LogP contribution is -2.12. The summed E-state index contributed by atoms with van der Waals surface area (Å²) in [5, 5.41) is 0. The first kappa shape index (κ1) is 14.2. The average Bonchev–Trinajstić information content (AvgIpc) is 2.50. The third-order valence-electron chi connectivity index (χ3n) is 2.24. The molecule has 0 bridgehead atoms. The van der Waals surface area contributed by atoms with Gasteiger partial charge in [-0.05, 0) is 11.6 Å². The molecule has 0 saturated carbocycles. The average molecular weight is 253 g/mol. The van der Waals surface area contributed by atoms with E-state index in [1.165, 1.54) is 0 Å². The van der Waals surface area contributed by atoms with Crippen molar-refractivity contribution in [1.29, 1.82) is 0 Å². The normalized spacial score (nSPS) is 20.2. The van der Waals surface area contributed by atoms with Gasteiger partial charge >= 0.3 is 0 Å². The summed E-state index contributed by atoms with van der Waals surface area (Å²) >= 11 is 0. The molecule has 5 heteroatoms. The van der Waals surface area contributed by atoms with E-state index in [1.54, 1.807) is 31.4 Å². The highest BCUT2D eigenvalue weighted by molar-refractivity contribution is 5.78. The minimum absolute atomic E-state index is 0. The van der Waals surface area contributed by atoms with Crippen molar-refractivity contribution >= 4 is 5.91 Å². The minimum atomic E-state index is -0.413. The van der Waals surface area contributed by atoms with Gasteiger partial charge in [0, 0.05) is 14.1 Å². The fourth-order valence-corrected chi connectivity index (χ4v) is 1.51. The van der Waals surface area contributed by atoms with E-state index in [4.69, 9.17) is 20.2 Å². The van der Waals surface area contributed by atoms with E-state index in [0.29, 0.717) is 12.4 Å². The number of methoxy groups -OCH3 is 1. The van der Waals surface area contributed by atoms with Crippen molar-refractivity contribution in [2.24, 2.45) is 5.73 Å². The van der Waals surface area contributed by atoms with Crippen LogP contribution in [0.3, 0.4) is 0 Å². The van der Waals surface area contributed by atoms with Crippen LogP contribution in [0.25, 0.3) is 0 Å². The van der Waals surface area contributed by atoms with Crippen molar-refractivity contribution in [1.82, 2.24) is 0 Å². The zero-order valence-electron chi connectivity index (χ0n) is 10.3. The maximum atomic E-state index is 11.1. The summed E-state index contributed by atoms with van der Waals surface area (Å²) in [4.78, 5) is 21.2. The summed E-state index contributed by atoms with van der Waals surface area (Å²) in [6, 6.07) is 0. The van der Waals surface area contributed by atoms with E-state index < -0.39 is 5.91 Å². The third kappa shape index (κ3) is 4.20. The van der Waals surface area contributed by atoms with Gasteiger partial charge in [-0.2, -0.15) is 4.89 Å². The van der Waals surface area contributed by atoms with Crippen molar-refractivity contribution in [3.63, 3.8) is 0 Å². The molecule has 1 amide bonds. The second-order valence-electron chi connectivity index (χ2n) is 3.58. The SMILES string of the molecule is C=C/C=C1/C(CC(N)=O)=CCOO/C1=C/COC.[HH]. The van der Waals surface area contributed by atoms with Crippen LogP contribution in [0.4, 0.5) is 0 Å². The first-order valence-electron chi connectivity index (χ1n) is 5.48. The zero-order chi connectivity index (χ0) is 13.4. The molecule has 1 aliphatic heterocycles. The molecule has 0 aromatic rings. The largest absolute Gasteiger partial charge is 0.380 e. The molecule has 1 rings (SSSR count). The van der Waals surface area contributed by atoms with Crippen molar-refractivity contribution in [3.8, 4) is 0 Å². The van der Waals surface area contributed by atoms with Crippen molar-refractivity contribution in [2.75, 3.05) is 20.3 Å². The number of carbonyl (C=O) groups excluding carboxylic acids is 1. The first-order chi connectivity index (χ1) is 8.69. The fourth-order valence-electron chi connectivity index (χ4n) is 1.51. The van der Waals surface area contributed by atoms with Crippen LogP contribution >= 0.6 is 0 Å². The van der Waals surface area contributed by atoms with Crippen LogP contribution in [0, 0.1) is 0 Å². The molecule has 0 aromatic carbocycles. The van der Waals surface area contributed by atoms with Crippen molar-refractivity contribution in [2.45, 2.75) is 6.42 Å². The number of primary amides is 1. The van der Waals surface area contributed by atoms with Gasteiger partial charge in [0.15, 0.2) is 5.76 Å². The second-order valence-corrected chi connectivity index (χ2v) is 3.58. The summed E-state index contributed by atoms with van der Waals surface area (Å²) < 4.78 is 4.95. The Balaban J connectivity index is 0.00000324. The number of hydrogen-bond acceptors (Lipinski definition) is 4. The van der Waals surface area contributed by atoms with E-state index in [2.05, 4.69) is 6.58 Å². The van der Waals surface area contributed by atoms with Gasteiger partial charge in [0.2, 0.25) is 5.91 Å². The summed E-state index contributed by atoms with van der Waals surface area (Å²) in [5.74, 6) is 0.0750. The quantitative estimate of drug-likeness (QED) is 0.756. The number of nitrogens with two attached hydrogens (primary N) is 1. The lowest BCUT2D eigenvalue weighted by Gasteiger charge is -2.10. The minimum Gasteiger partial charge on any atom is -0.380 e. The van der Waals surface area contributed by atoms with Crippen LogP contribution in [-0.2, 0) is 19.3 Å². The van der Waals surface area contributed by atoms with Gasteiger partial charge in [0.1, 0.15) is 6.61 Å². The molecule has 5 nitrogen and oxygen atoms in total. The smallest absolute Gasteiger partial charge is 0.221 e. The predicted molar refractivity (Wildman–Crippen MR) is 69.3 cm³/mol. The van der Waals surface area contributed by atoms with Gasteiger partial charge in [-0.3, -0.25) is 4.79 Å². The highest BCUT2D eigenvalue weighted by atomic mass is 17.2. The van der Waals surface area contributed by atoms with Crippen molar-refractivity contribution < 1.29 is 20.7 Å². The Hall–Kier alpha value is -1.85. The molecule has 2 N–H and O–H groups in total. The van der Waals surface area contributed by atoms with Gasteiger partial charge in [0.05, 0.1) is 13.0 Å². The Labute approximate surface area is 108 Å².